The van der Waals surface area contributed by atoms with Gasteiger partial charge in [0.2, 0.25) is 0 Å². The fourth-order valence-electron chi connectivity index (χ4n) is 1.67. The van der Waals surface area contributed by atoms with Crippen molar-refractivity contribution >= 4 is 11.5 Å². The number of fused-ring (bicyclic) bond motifs is 1. The van der Waals surface area contributed by atoms with Crippen LogP contribution in [0.5, 0.6) is 0 Å². The molecule has 0 fully saturated rings. The highest BCUT2D eigenvalue weighted by Gasteiger charge is 2.39. The quantitative estimate of drug-likeness (QED) is 0.431. The van der Waals surface area contributed by atoms with Gasteiger partial charge in [-0.2, -0.15) is 4.79 Å². The second-order valence-corrected chi connectivity index (χ2v) is 3.12. The number of carbonyl (C=O) groups is 1. The Morgan fingerprint density at radius 2 is 2.08 bits per heavy atom. The summed E-state index contributed by atoms with van der Waals surface area (Å²) in [5, 5.41) is 0. The third-order valence-electron chi connectivity index (χ3n) is 2.41. The van der Waals surface area contributed by atoms with Gasteiger partial charge in [-0.05, 0) is 11.6 Å². The first-order valence-corrected chi connectivity index (χ1v) is 4.11. The zero-order valence-electron chi connectivity index (χ0n) is 7.19. The van der Waals surface area contributed by atoms with Crippen LogP contribution in [0.1, 0.15) is 24.0 Å². The van der Waals surface area contributed by atoms with Crippen molar-refractivity contribution in [3.8, 4) is 0 Å². The van der Waals surface area contributed by atoms with E-state index in [1.807, 2.05) is 25.1 Å². The zero-order valence-corrected chi connectivity index (χ0v) is 7.19. The van der Waals surface area contributed by atoms with Gasteiger partial charge in [0.05, 0.1) is 11.5 Å². The molecule has 0 heterocycles. The smallest absolute Gasteiger partial charge is 0.361 e. The third-order valence-corrected chi connectivity index (χ3v) is 2.41. The molecule has 3 nitrogen and oxygen atoms in total. The lowest BCUT2D eigenvalue weighted by Crippen LogP contribution is -2.11. The lowest BCUT2D eigenvalue weighted by molar-refractivity contribution is -0.117. The van der Waals surface area contributed by atoms with Crippen LogP contribution in [0.25, 0.3) is 5.53 Å². The van der Waals surface area contributed by atoms with Crippen molar-refractivity contribution in [3.63, 3.8) is 0 Å². The highest BCUT2D eigenvalue weighted by molar-refractivity contribution is 6.48. The number of carbonyl (C=O) groups excluding carboxylic acids is 1. The van der Waals surface area contributed by atoms with Gasteiger partial charge in [0.25, 0.3) is 5.78 Å². The number of rotatable bonds is 0. The summed E-state index contributed by atoms with van der Waals surface area (Å²) in [7, 11) is 0. The van der Waals surface area contributed by atoms with Crippen molar-refractivity contribution < 1.29 is 9.58 Å². The van der Waals surface area contributed by atoms with Gasteiger partial charge in [0.15, 0.2) is 0 Å². The molecule has 13 heavy (non-hydrogen) atoms. The van der Waals surface area contributed by atoms with E-state index in [9.17, 15) is 4.79 Å². The van der Waals surface area contributed by atoms with Gasteiger partial charge < -0.3 is 5.53 Å². The van der Waals surface area contributed by atoms with Crippen LogP contribution in [-0.2, 0) is 4.79 Å². The van der Waals surface area contributed by atoms with Crippen molar-refractivity contribution in [2.45, 2.75) is 12.8 Å². The second-order valence-electron chi connectivity index (χ2n) is 3.12. The van der Waals surface area contributed by atoms with Gasteiger partial charge in [-0.15, -0.1) is 0 Å². The Bertz CT molecular complexity index is 430. The summed E-state index contributed by atoms with van der Waals surface area (Å²) in [5.74, 6) is -0.286. The van der Waals surface area contributed by atoms with E-state index in [-0.39, 0.29) is 17.4 Å². The summed E-state index contributed by atoms with van der Waals surface area (Å²) in [4.78, 5) is 14.5. The fraction of sp³-hybridized carbons (Fsp3) is 0.200. The summed E-state index contributed by atoms with van der Waals surface area (Å²) in [6.45, 7) is 1.82. The van der Waals surface area contributed by atoms with Crippen LogP contribution < -0.4 is 0 Å². The molecule has 1 aliphatic carbocycles. The van der Waals surface area contributed by atoms with Crippen LogP contribution in [0, 0.1) is 0 Å². The Kier molecular flexibility index (Phi) is 1.61. The Morgan fingerprint density at radius 1 is 1.38 bits per heavy atom. The predicted octanol–water partition coefficient (Wildman–Crippen LogP) is 1.39. The molecule has 0 saturated heterocycles. The van der Waals surface area contributed by atoms with Crippen LogP contribution >= 0.6 is 0 Å². The summed E-state index contributed by atoms with van der Waals surface area (Å²) < 4.78 is 0. The molecule has 0 N–H and O–H groups in total. The van der Waals surface area contributed by atoms with Crippen LogP contribution in [0.15, 0.2) is 24.3 Å². The molecule has 0 amide bonds. The van der Waals surface area contributed by atoms with Gasteiger partial charge in [-0.3, -0.25) is 4.79 Å². The molecule has 0 aliphatic heterocycles. The van der Waals surface area contributed by atoms with Crippen molar-refractivity contribution in [2.24, 2.45) is 0 Å². The first-order chi connectivity index (χ1) is 6.25. The van der Waals surface area contributed by atoms with E-state index >= 15 is 0 Å². The van der Waals surface area contributed by atoms with Crippen LogP contribution in [0.4, 0.5) is 0 Å². The standard InChI is InChI=1S/C10H8N2O/c1-6-7-4-2-3-5-8(7)9(12-11)10(6)13/h2-6H,1H3. The summed E-state index contributed by atoms with van der Waals surface area (Å²) in [6.07, 6.45) is 0. The summed E-state index contributed by atoms with van der Waals surface area (Å²) in [6, 6.07) is 7.39. The van der Waals surface area contributed by atoms with Crippen LogP contribution in [-0.4, -0.2) is 16.3 Å². The molecular weight excluding hydrogens is 164 g/mol. The lowest BCUT2D eigenvalue weighted by Gasteiger charge is -1.97. The van der Waals surface area contributed by atoms with E-state index in [4.69, 9.17) is 5.53 Å². The van der Waals surface area contributed by atoms with E-state index in [2.05, 4.69) is 4.79 Å². The maximum atomic E-state index is 11.5. The molecule has 0 bridgehead atoms. The van der Waals surface area contributed by atoms with Crippen molar-refractivity contribution in [2.75, 3.05) is 0 Å². The lowest BCUT2D eigenvalue weighted by atomic mass is 10.0. The summed E-state index contributed by atoms with van der Waals surface area (Å²) in [5.41, 5.74) is 10.5. The number of benzene rings is 1. The Morgan fingerprint density at radius 3 is 2.77 bits per heavy atom. The molecule has 1 unspecified atom stereocenters. The van der Waals surface area contributed by atoms with Crippen LogP contribution in [0.2, 0.25) is 0 Å². The third kappa shape index (κ3) is 0.945. The van der Waals surface area contributed by atoms with E-state index in [0.717, 1.165) is 11.1 Å². The molecule has 0 radical (unpaired) electrons. The molecule has 64 valence electrons. The molecule has 2 rings (SSSR count). The van der Waals surface area contributed by atoms with E-state index < -0.39 is 0 Å². The molecule has 1 atom stereocenters. The van der Waals surface area contributed by atoms with Crippen molar-refractivity contribution in [1.82, 2.24) is 0 Å². The van der Waals surface area contributed by atoms with Gasteiger partial charge in [-0.25, -0.2) is 0 Å². The molecule has 0 aromatic heterocycles. The SMILES string of the molecule is CC1C(=O)C(=[N+]=[N-])c2ccccc21. The van der Waals surface area contributed by atoms with E-state index in [0.29, 0.717) is 0 Å². The zero-order chi connectivity index (χ0) is 9.42. The highest BCUT2D eigenvalue weighted by Crippen LogP contribution is 2.28. The predicted molar refractivity (Wildman–Crippen MR) is 47.6 cm³/mol. The van der Waals surface area contributed by atoms with Gasteiger partial charge >= 0.3 is 5.71 Å². The van der Waals surface area contributed by atoms with Crippen molar-refractivity contribution in [1.29, 1.82) is 0 Å². The van der Waals surface area contributed by atoms with Gasteiger partial charge in [0.1, 0.15) is 0 Å². The minimum absolute atomic E-state index is 0.108. The number of hydrogen-bond donors (Lipinski definition) is 0. The fourth-order valence-corrected chi connectivity index (χ4v) is 1.67. The summed E-state index contributed by atoms with van der Waals surface area (Å²) >= 11 is 0. The monoisotopic (exact) mass is 172 g/mol. The molecule has 1 aliphatic rings. The Balaban J connectivity index is 2.74. The minimum atomic E-state index is -0.179. The minimum Gasteiger partial charge on any atom is -0.361 e. The molecular formula is C10H8N2O. The van der Waals surface area contributed by atoms with E-state index in [1.165, 1.54) is 0 Å². The average molecular weight is 172 g/mol. The maximum absolute atomic E-state index is 11.5. The number of ketones is 1. The molecule has 3 heteroatoms. The van der Waals surface area contributed by atoms with Gasteiger partial charge in [-0.1, -0.05) is 25.1 Å². The Hall–Kier alpha value is -1.73. The van der Waals surface area contributed by atoms with Crippen LogP contribution in [0.3, 0.4) is 0 Å². The first-order valence-electron chi connectivity index (χ1n) is 4.11. The largest absolute Gasteiger partial charge is 0.365 e. The maximum Gasteiger partial charge on any atom is 0.365 e. The molecule has 1 aromatic carbocycles. The molecule has 0 spiro atoms. The van der Waals surface area contributed by atoms with Crippen molar-refractivity contribution in [3.05, 3.63) is 40.9 Å². The molecule has 1 aromatic rings. The topological polar surface area (TPSA) is 53.5 Å². The second kappa shape index (κ2) is 2.64. The van der Waals surface area contributed by atoms with Gasteiger partial charge in [0, 0.05) is 0 Å². The number of nitrogens with zero attached hydrogens (tertiary/aromatic N) is 2. The highest BCUT2D eigenvalue weighted by atomic mass is 16.1. The number of hydrogen-bond acceptors (Lipinski definition) is 1. The molecule has 0 saturated carbocycles. The average Bonchev–Trinajstić information content (AvgIpc) is 2.41. The normalized spacial score (nSPS) is 19.9. The Labute approximate surface area is 75.6 Å². The number of Topliss-reactive ketones (excluding diaryl/α,β-unsaturated/α-hetero) is 1. The first kappa shape index (κ1) is 7.90. The van der Waals surface area contributed by atoms with E-state index in [1.54, 1.807) is 6.07 Å².